The minimum Gasteiger partial charge on any atom is -0.368 e. The maximum absolute atomic E-state index is 10.8. The third-order valence-corrected chi connectivity index (χ3v) is 4.88. The Labute approximate surface area is 81.4 Å². The second-order valence-electron chi connectivity index (χ2n) is 3.02. The van der Waals surface area contributed by atoms with E-state index in [1.54, 1.807) is 23.5 Å². The maximum atomic E-state index is 10.8. The Morgan fingerprint density at radius 1 is 1.42 bits per heavy atom. The topological polar surface area (TPSA) is 46.3 Å². The van der Waals surface area contributed by atoms with E-state index in [0.717, 1.165) is 11.5 Å². The van der Waals surface area contributed by atoms with Crippen LogP contribution < -0.4 is 5.73 Å². The molecule has 0 aromatic rings. The van der Waals surface area contributed by atoms with Gasteiger partial charge in [0, 0.05) is 17.5 Å². The summed E-state index contributed by atoms with van der Waals surface area (Å²) in [6.45, 7) is 0. The molecule has 2 N–H and O–H groups in total. The van der Waals surface area contributed by atoms with Gasteiger partial charge in [-0.25, -0.2) is 0 Å². The van der Waals surface area contributed by atoms with E-state index in [0.29, 0.717) is 6.04 Å². The average molecular weight is 206 g/mol. The standard InChI is InChI=1S/C7H14N2OS2/c1-9(2)5-3-11-7(6(8)10)12-4-5/h5,7H,3-4H2,1-2H3,(H2,8,10). The fraction of sp³-hybridized carbons (Fsp3) is 0.857. The Morgan fingerprint density at radius 3 is 2.25 bits per heavy atom. The zero-order chi connectivity index (χ0) is 9.14. The second-order valence-corrected chi connectivity index (χ2v) is 5.59. The number of nitrogens with zero attached hydrogens (tertiary/aromatic N) is 1. The summed E-state index contributed by atoms with van der Waals surface area (Å²) in [6.07, 6.45) is 0. The molecular weight excluding hydrogens is 192 g/mol. The molecule has 1 heterocycles. The van der Waals surface area contributed by atoms with E-state index in [4.69, 9.17) is 5.73 Å². The van der Waals surface area contributed by atoms with Crippen molar-refractivity contribution < 1.29 is 4.79 Å². The summed E-state index contributed by atoms with van der Waals surface area (Å²) in [7, 11) is 4.13. The van der Waals surface area contributed by atoms with E-state index < -0.39 is 0 Å². The Kier molecular flexibility index (Phi) is 3.74. The predicted octanol–water partition coefficient (Wildman–Crippen LogP) is 0.208. The summed E-state index contributed by atoms with van der Waals surface area (Å²) in [5.74, 6) is 1.82. The lowest BCUT2D eigenvalue weighted by atomic mass is 10.4. The van der Waals surface area contributed by atoms with Crippen molar-refractivity contribution in [1.82, 2.24) is 4.90 Å². The molecule has 1 aliphatic heterocycles. The molecule has 0 saturated carbocycles. The molecule has 0 aromatic carbocycles. The van der Waals surface area contributed by atoms with Gasteiger partial charge in [0.25, 0.3) is 0 Å². The predicted molar refractivity (Wildman–Crippen MR) is 55.4 cm³/mol. The zero-order valence-electron chi connectivity index (χ0n) is 7.32. The van der Waals surface area contributed by atoms with E-state index in [1.165, 1.54) is 0 Å². The molecule has 1 aliphatic rings. The first kappa shape index (κ1) is 10.2. The van der Waals surface area contributed by atoms with Gasteiger partial charge in [-0.2, -0.15) is 0 Å². The molecule has 1 amide bonds. The van der Waals surface area contributed by atoms with Crippen molar-refractivity contribution in [3.63, 3.8) is 0 Å². The van der Waals surface area contributed by atoms with Crippen LogP contribution in [0, 0.1) is 0 Å². The average Bonchev–Trinajstić information content (AvgIpc) is 2.04. The van der Waals surface area contributed by atoms with Crippen LogP contribution in [0.1, 0.15) is 0 Å². The highest BCUT2D eigenvalue weighted by Gasteiger charge is 2.26. The fourth-order valence-electron chi connectivity index (χ4n) is 0.956. The van der Waals surface area contributed by atoms with Gasteiger partial charge in [0.15, 0.2) is 0 Å². The van der Waals surface area contributed by atoms with E-state index in [-0.39, 0.29) is 10.5 Å². The molecule has 70 valence electrons. The number of rotatable bonds is 2. The minimum absolute atomic E-state index is 0.0267. The summed E-state index contributed by atoms with van der Waals surface area (Å²) in [4.78, 5) is 13.0. The molecule has 0 radical (unpaired) electrons. The van der Waals surface area contributed by atoms with Gasteiger partial charge < -0.3 is 10.6 Å². The SMILES string of the molecule is CN(C)C1CSC(C(N)=O)SC1. The molecule has 0 unspecified atom stereocenters. The smallest absolute Gasteiger partial charge is 0.240 e. The zero-order valence-corrected chi connectivity index (χ0v) is 8.95. The van der Waals surface area contributed by atoms with E-state index in [2.05, 4.69) is 19.0 Å². The number of amides is 1. The molecule has 0 bridgehead atoms. The quantitative estimate of drug-likeness (QED) is 0.701. The summed E-state index contributed by atoms with van der Waals surface area (Å²) in [5, 5.41) is 0. The van der Waals surface area contributed by atoms with Crippen LogP contribution in [0.3, 0.4) is 0 Å². The highest BCUT2D eigenvalue weighted by molar-refractivity contribution is 8.18. The van der Waals surface area contributed by atoms with Crippen molar-refractivity contribution in [1.29, 1.82) is 0 Å². The van der Waals surface area contributed by atoms with Crippen molar-refractivity contribution in [2.45, 2.75) is 10.6 Å². The molecular formula is C7H14N2OS2. The van der Waals surface area contributed by atoms with Crippen LogP contribution in [-0.2, 0) is 4.79 Å². The second kappa shape index (κ2) is 4.39. The van der Waals surface area contributed by atoms with Gasteiger partial charge >= 0.3 is 0 Å². The van der Waals surface area contributed by atoms with E-state index in [1.807, 2.05) is 0 Å². The molecule has 3 nitrogen and oxygen atoms in total. The first-order valence-corrected chi connectivity index (χ1v) is 5.90. The highest BCUT2D eigenvalue weighted by atomic mass is 32.2. The first-order chi connectivity index (χ1) is 5.61. The monoisotopic (exact) mass is 206 g/mol. The number of nitrogens with two attached hydrogens (primary N) is 1. The molecule has 12 heavy (non-hydrogen) atoms. The Morgan fingerprint density at radius 2 is 1.92 bits per heavy atom. The van der Waals surface area contributed by atoms with Crippen LogP contribution in [0.5, 0.6) is 0 Å². The Balaban J connectivity index is 2.34. The molecule has 0 aromatic heterocycles. The molecule has 1 fully saturated rings. The normalized spacial score (nSPS) is 30.6. The third kappa shape index (κ3) is 2.57. The van der Waals surface area contributed by atoms with Crippen molar-refractivity contribution >= 4 is 29.4 Å². The van der Waals surface area contributed by atoms with Gasteiger partial charge in [0.1, 0.15) is 4.58 Å². The number of thioether (sulfide) groups is 2. The van der Waals surface area contributed by atoms with Gasteiger partial charge in [-0.1, -0.05) is 0 Å². The van der Waals surface area contributed by atoms with Crippen molar-refractivity contribution in [3.8, 4) is 0 Å². The summed E-state index contributed by atoms with van der Waals surface area (Å²) < 4.78 is -0.0267. The molecule has 0 aliphatic carbocycles. The molecule has 1 saturated heterocycles. The number of hydrogen-bond donors (Lipinski definition) is 1. The van der Waals surface area contributed by atoms with Crippen LogP contribution in [0.2, 0.25) is 0 Å². The Bertz CT molecular complexity index is 167. The van der Waals surface area contributed by atoms with E-state index >= 15 is 0 Å². The van der Waals surface area contributed by atoms with Gasteiger partial charge in [-0.3, -0.25) is 4.79 Å². The maximum Gasteiger partial charge on any atom is 0.240 e. The van der Waals surface area contributed by atoms with Crippen molar-refractivity contribution in [2.75, 3.05) is 25.6 Å². The minimum atomic E-state index is -0.192. The van der Waals surface area contributed by atoms with Gasteiger partial charge in [-0.05, 0) is 14.1 Å². The summed E-state index contributed by atoms with van der Waals surface area (Å²) >= 11 is 3.31. The lowest BCUT2D eigenvalue weighted by Crippen LogP contribution is -2.39. The lowest BCUT2D eigenvalue weighted by molar-refractivity contribution is -0.116. The fourth-order valence-corrected chi connectivity index (χ4v) is 3.92. The number of carbonyl (C=O) groups excluding carboxylic acids is 1. The van der Waals surface area contributed by atoms with Gasteiger partial charge in [0.05, 0.1) is 0 Å². The van der Waals surface area contributed by atoms with Crippen LogP contribution in [0.15, 0.2) is 0 Å². The van der Waals surface area contributed by atoms with Crippen LogP contribution in [0.4, 0.5) is 0 Å². The molecule has 5 heteroatoms. The third-order valence-electron chi connectivity index (χ3n) is 1.84. The molecule has 1 rings (SSSR count). The number of carbonyl (C=O) groups is 1. The van der Waals surface area contributed by atoms with Crippen LogP contribution >= 0.6 is 23.5 Å². The van der Waals surface area contributed by atoms with Gasteiger partial charge in [0.2, 0.25) is 5.91 Å². The summed E-state index contributed by atoms with van der Waals surface area (Å²) in [6, 6.07) is 0.579. The highest BCUT2D eigenvalue weighted by Crippen LogP contribution is 2.31. The molecule has 0 spiro atoms. The van der Waals surface area contributed by atoms with E-state index in [9.17, 15) is 4.79 Å². The lowest BCUT2D eigenvalue weighted by Gasteiger charge is -2.30. The molecule has 0 atom stereocenters. The van der Waals surface area contributed by atoms with Crippen molar-refractivity contribution in [3.05, 3.63) is 0 Å². The largest absolute Gasteiger partial charge is 0.368 e. The summed E-state index contributed by atoms with van der Waals surface area (Å²) in [5.41, 5.74) is 5.19. The van der Waals surface area contributed by atoms with Crippen LogP contribution in [-0.4, -0.2) is 47.0 Å². The number of hydrogen-bond acceptors (Lipinski definition) is 4. The van der Waals surface area contributed by atoms with Crippen molar-refractivity contribution in [2.24, 2.45) is 5.73 Å². The Hall–Kier alpha value is 0.130. The number of primary amides is 1. The van der Waals surface area contributed by atoms with Crippen LogP contribution in [0.25, 0.3) is 0 Å². The first-order valence-electron chi connectivity index (χ1n) is 3.80. The van der Waals surface area contributed by atoms with Gasteiger partial charge in [-0.15, -0.1) is 23.5 Å².